The molecule has 0 heterocycles. The third-order valence-corrected chi connectivity index (χ3v) is 8.59. The normalized spacial score (nSPS) is 13.4. The monoisotopic (exact) mass is 690 g/mol. The Labute approximate surface area is 299 Å². The van der Waals surface area contributed by atoms with E-state index in [1.54, 1.807) is 0 Å². The SMILES string of the molecule is CC(C)(C)OCc1cc(C(C)(C)C)cc(COC(C)(C)C)c1SS.Cc1c(COC(C)(C)C)cc(C(C)(C)C)cc1COC(C)(C)C. The lowest BCUT2D eigenvalue weighted by Gasteiger charge is -2.27. The van der Waals surface area contributed by atoms with Crippen LogP contribution in [0.25, 0.3) is 0 Å². The molecule has 47 heavy (non-hydrogen) atoms. The number of ether oxygens (including phenoxy) is 4. The van der Waals surface area contributed by atoms with E-state index in [0.717, 1.165) is 4.90 Å². The molecule has 2 aromatic carbocycles. The Hall–Kier alpha value is -1.02. The van der Waals surface area contributed by atoms with Gasteiger partial charge in [-0.15, -0.1) is 11.7 Å². The molecule has 6 heteroatoms. The molecule has 0 N–H and O–H groups in total. The summed E-state index contributed by atoms with van der Waals surface area (Å²) < 4.78 is 24.1. The predicted octanol–water partition coefficient (Wildman–Crippen LogP) is 12.5. The highest BCUT2D eigenvalue weighted by atomic mass is 33.1. The Bertz CT molecular complexity index is 1190. The molecule has 0 atom stereocenters. The zero-order valence-corrected chi connectivity index (χ0v) is 35.3. The summed E-state index contributed by atoms with van der Waals surface area (Å²) in [5, 5.41) is 0. The smallest absolute Gasteiger partial charge is 0.0735 e. The highest BCUT2D eigenvalue weighted by Crippen LogP contribution is 2.36. The summed E-state index contributed by atoms with van der Waals surface area (Å²) in [6.07, 6.45) is 0. The molecule has 0 saturated heterocycles. The first-order valence-electron chi connectivity index (χ1n) is 17.1. The molecule has 0 fully saturated rings. The largest absolute Gasteiger partial charge is 0.371 e. The first-order valence-corrected chi connectivity index (χ1v) is 19.0. The van der Waals surface area contributed by atoms with Crippen molar-refractivity contribution in [3.8, 4) is 0 Å². The van der Waals surface area contributed by atoms with E-state index in [1.807, 2.05) is 0 Å². The van der Waals surface area contributed by atoms with Gasteiger partial charge in [-0.2, -0.15) is 0 Å². The maximum Gasteiger partial charge on any atom is 0.0735 e. The first kappa shape index (κ1) is 44.0. The number of thiol groups is 1. The topological polar surface area (TPSA) is 36.9 Å². The first-order chi connectivity index (χ1) is 20.9. The van der Waals surface area contributed by atoms with Gasteiger partial charge in [0.15, 0.2) is 0 Å². The van der Waals surface area contributed by atoms with Crippen LogP contribution in [0.2, 0.25) is 0 Å². The predicted molar refractivity (Wildman–Crippen MR) is 208 cm³/mol. The van der Waals surface area contributed by atoms with Crippen molar-refractivity contribution in [1.82, 2.24) is 0 Å². The third-order valence-electron chi connectivity index (χ3n) is 7.33. The fourth-order valence-electron chi connectivity index (χ4n) is 4.27. The van der Waals surface area contributed by atoms with Crippen molar-refractivity contribution in [2.75, 3.05) is 0 Å². The fourth-order valence-corrected chi connectivity index (χ4v) is 5.44. The number of benzene rings is 2. The molecular formula is C41H70O4S2. The maximum atomic E-state index is 6.04. The van der Waals surface area contributed by atoms with E-state index >= 15 is 0 Å². The molecule has 0 spiro atoms. The Morgan fingerprint density at radius 1 is 0.447 bits per heavy atom. The van der Waals surface area contributed by atoms with Gasteiger partial charge in [-0.25, -0.2) is 0 Å². The lowest BCUT2D eigenvalue weighted by molar-refractivity contribution is -0.0192. The zero-order chi connectivity index (χ0) is 36.8. The summed E-state index contributed by atoms with van der Waals surface area (Å²) >= 11 is 4.49. The average molecular weight is 691 g/mol. The van der Waals surface area contributed by atoms with E-state index in [1.165, 1.54) is 49.7 Å². The standard InChI is InChI=1S/C21H36O2.C20H34O2S2/c1-15-16(13-22-20(5,6)7)11-18(19(2,3)4)12-17(15)14-23-21(8,9)10;1-18(2,3)16-10-14(12-21-19(4,5)6)17(24-23)15(11-16)13-22-20(7,8)9/h11-12H,13-14H2,1-10H3;10-11,23H,12-13H2,1-9H3. The van der Waals surface area contributed by atoms with Crippen LogP contribution in [0.15, 0.2) is 29.2 Å². The molecule has 270 valence electrons. The van der Waals surface area contributed by atoms with Crippen molar-refractivity contribution in [3.63, 3.8) is 0 Å². The van der Waals surface area contributed by atoms with Gasteiger partial charge in [0.1, 0.15) is 0 Å². The number of rotatable bonds is 9. The molecule has 4 nitrogen and oxygen atoms in total. The Morgan fingerprint density at radius 3 is 0.894 bits per heavy atom. The highest BCUT2D eigenvalue weighted by Gasteiger charge is 2.23. The summed E-state index contributed by atoms with van der Waals surface area (Å²) in [5.41, 5.74) is 8.40. The molecule has 0 aliphatic rings. The van der Waals surface area contributed by atoms with Gasteiger partial charge in [0.2, 0.25) is 0 Å². The van der Waals surface area contributed by atoms with Crippen LogP contribution in [0, 0.1) is 6.92 Å². The molecule has 0 aliphatic carbocycles. The van der Waals surface area contributed by atoms with Crippen LogP contribution in [0.5, 0.6) is 0 Å². The molecule has 0 amide bonds. The summed E-state index contributed by atoms with van der Waals surface area (Å²) in [7, 11) is 1.48. The average Bonchev–Trinajstić information content (AvgIpc) is 2.86. The van der Waals surface area contributed by atoms with Gasteiger partial charge in [0.05, 0.1) is 48.8 Å². The van der Waals surface area contributed by atoms with E-state index in [2.05, 4.69) is 167 Å². The lowest BCUT2D eigenvalue weighted by atomic mass is 9.83. The van der Waals surface area contributed by atoms with Crippen LogP contribution in [-0.4, -0.2) is 22.4 Å². The van der Waals surface area contributed by atoms with Gasteiger partial charge in [-0.1, -0.05) is 76.6 Å². The fraction of sp³-hybridized carbons (Fsp3) is 0.707. The van der Waals surface area contributed by atoms with E-state index in [4.69, 9.17) is 18.9 Å². The summed E-state index contributed by atoms with van der Waals surface area (Å²) in [6.45, 7) is 43.1. The van der Waals surface area contributed by atoms with Crippen LogP contribution in [0.4, 0.5) is 0 Å². The minimum atomic E-state index is -0.168. The van der Waals surface area contributed by atoms with Crippen molar-refractivity contribution in [2.24, 2.45) is 0 Å². The minimum Gasteiger partial charge on any atom is -0.371 e. The molecule has 2 aromatic rings. The van der Waals surface area contributed by atoms with Gasteiger partial charge >= 0.3 is 0 Å². The van der Waals surface area contributed by atoms with Crippen LogP contribution < -0.4 is 0 Å². The summed E-state index contributed by atoms with van der Waals surface area (Å²) in [6, 6.07) is 9.10. The molecule has 0 aliphatic heterocycles. The van der Waals surface area contributed by atoms with Crippen LogP contribution in [0.1, 0.15) is 164 Å². The second-order valence-electron chi connectivity index (χ2n) is 18.7. The Kier molecular flexibility index (Phi) is 15.7. The van der Waals surface area contributed by atoms with Crippen molar-refractivity contribution in [3.05, 3.63) is 63.2 Å². The summed E-state index contributed by atoms with van der Waals surface area (Å²) in [5.74, 6) is 0. The molecule has 2 rings (SSSR count). The van der Waals surface area contributed by atoms with Crippen LogP contribution in [0.3, 0.4) is 0 Å². The molecule has 0 aromatic heterocycles. The summed E-state index contributed by atoms with van der Waals surface area (Å²) in [4.78, 5) is 1.15. The Morgan fingerprint density at radius 2 is 0.681 bits per heavy atom. The van der Waals surface area contributed by atoms with E-state index in [9.17, 15) is 0 Å². The lowest BCUT2D eigenvalue weighted by Crippen LogP contribution is -2.21. The van der Waals surface area contributed by atoms with Crippen LogP contribution >= 0.6 is 22.5 Å². The van der Waals surface area contributed by atoms with Gasteiger partial charge in [0, 0.05) is 4.90 Å². The Balaban J connectivity index is 0.000000470. The van der Waals surface area contributed by atoms with E-state index < -0.39 is 0 Å². The van der Waals surface area contributed by atoms with Crippen molar-refractivity contribution >= 4 is 22.5 Å². The molecule has 0 radical (unpaired) electrons. The highest BCUT2D eigenvalue weighted by molar-refractivity contribution is 8.68. The van der Waals surface area contributed by atoms with E-state index in [-0.39, 0.29) is 33.2 Å². The number of hydrogen-bond donors (Lipinski definition) is 1. The van der Waals surface area contributed by atoms with Gasteiger partial charge < -0.3 is 18.9 Å². The van der Waals surface area contributed by atoms with Crippen LogP contribution in [-0.2, 0) is 56.2 Å². The van der Waals surface area contributed by atoms with Gasteiger partial charge in [-0.05, 0) is 140 Å². The van der Waals surface area contributed by atoms with Gasteiger partial charge in [-0.3, -0.25) is 0 Å². The van der Waals surface area contributed by atoms with E-state index in [0.29, 0.717) is 26.4 Å². The molecular weight excluding hydrogens is 621 g/mol. The second kappa shape index (κ2) is 16.8. The van der Waals surface area contributed by atoms with Crippen molar-refractivity contribution < 1.29 is 18.9 Å². The maximum absolute atomic E-state index is 6.04. The molecule has 0 unspecified atom stereocenters. The molecule has 0 bridgehead atoms. The zero-order valence-electron chi connectivity index (χ0n) is 33.6. The third kappa shape index (κ3) is 17.5. The number of hydrogen-bond acceptors (Lipinski definition) is 6. The quantitative estimate of drug-likeness (QED) is 0.209. The van der Waals surface area contributed by atoms with Crippen molar-refractivity contribution in [2.45, 2.75) is 196 Å². The van der Waals surface area contributed by atoms with Crippen molar-refractivity contribution in [1.29, 1.82) is 0 Å². The van der Waals surface area contributed by atoms with Gasteiger partial charge in [0.25, 0.3) is 0 Å². The molecule has 0 saturated carbocycles. The minimum absolute atomic E-state index is 0.0762. The second-order valence-corrected chi connectivity index (χ2v) is 19.9.